The second-order valence-corrected chi connectivity index (χ2v) is 4.59. The lowest BCUT2D eigenvalue weighted by Gasteiger charge is -2.12. The molecule has 1 heterocycles. The largest absolute Gasteiger partial charge is 0.496 e. The number of nitrogens with two attached hydrogens (primary N) is 1. The van der Waals surface area contributed by atoms with Gasteiger partial charge in [0.15, 0.2) is 0 Å². The smallest absolute Gasteiger partial charge is 0.217 e. The first-order chi connectivity index (χ1) is 9.56. The molecular formula is C15H18N2O3. The van der Waals surface area contributed by atoms with Crippen LogP contribution in [0.15, 0.2) is 18.2 Å². The number of carbonyl (C=O) groups excluding carboxylic acids is 1. The quantitative estimate of drug-likeness (QED) is 0.904. The zero-order valence-electron chi connectivity index (χ0n) is 11.9. The minimum absolute atomic E-state index is 0.282. The third kappa shape index (κ3) is 2.66. The highest BCUT2D eigenvalue weighted by Gasteiger charge is 2.13. The lowest BCUT2D eigenvalue weighted by Crippen LogP contribution is -2.11. The van der Waals surface area contributed by atoms with Crippen molar-refractivity contribution in [3.05, 3.63) is 29.5 Å². The summed E-state index contributed by atoms with van der Waals surface area (Å²) in [5.41, 5.74) is 7.78. The molecule has 2 N–H and O–H groups in total. The molecule has 1 aromatic carbocycles. The molecule has 2 aromatic rings. The van der Waals surface area contributed by atoms with Gasteiger partial charge in [-0.3, -0.25) is 4.79 Å². The van der Waals surface area contributed by atoms with Crippen LogP contribution in [0, 0.1) is 6.92 Å². The number of pyridine rings is 1. The molecule has 0 spiro atoms. The molecule has 5 nitrogen and oxygen atoms in total. The van der Waals surface area contributed by atoms with Gasteiger partial charge >= 0.3 is 0 Å². The molecular weight excluding hydrogens is 256 g/mol. The van der Waals surface area contributed by atoms with Crippen molar-refractivity contribution < 1.29 is 14.3 Å². The number of nitrogens with zero attached hydrogens (tertiary/aromatic N) is 1. The van der Waals surface area contributed by atoms with Gasteiger partial charge in [0.1, 0.15) is 17.0 Å². The first-order valence-corrected chi connectivity index (χ1v) is 6.36. The molecule has 5 heteroatoms. The standard InChI is InChI=1S/C15H18N2O3/c1-9-8-10(4-7-13(16)18)17-15-12(20-3)6-5-11(19-2)14(9)15/h5-6,8H,4,7H2,1-3H3,(H2,16,18). The summed E-state index contributed by atoms with van der Waals surface area (Å²) in [5.74, 6) is 1.11. The Morgan fingerprint density at radius 1 is 1.25 bits per heavy atom. The van der Waals surface area contributed by atoms with Crippen LogP contribution in [0.3, 0.4) is 0 Å². The van der Waals surface area contributed by atoms with E-state index < -0.39 is 0 Å². The average molecular weight is 274 g/mol. The van der Waals surface area contributed by atoms with E-state index in [1.165, 1.54) is 0 Å². The molecule has 0 aliphatic rings. The molecule has 2 rings (SSSR count). The highest BCUT2D eigenvalue weighted by molar-refractivity contribution is 5.93. The van der Waals surface area contributed by atoms with E-state index in [1.807, 2.05) is 25.1 Å². The summed E-state index contributed by atoms with van der Waals surface area (Å²) in [7, 11) is 3.23. The number of aryl methyl sites for hydroxylation is 2. The van der Waals surface area contributed by atoms with Gasteiger partial charge in [0.25, 0.3) is 0 Å². The number of primary amides is 1. The Kier molecular flexibility index (Phi) is 4.08. The Balaban J connectivity index is 2.59. The Labute approximate surface area is 117 Å². The summed E-state index contributed by atoms with van der Waals surface area (Å²) in [6, 6.07) is 5.64. The van der Waals surface area contributed by atoms with E-state index in [0.717, 1.165) is 27.9 Å². The molecule has 0 fully saturated rings. The maximum Gasteiger partial charge on any atom is 0.217 e. The van der Waals surface area contributed by atoms with Crippen LogP contribution in [0.5, 0.6) is 11.5 Å². The molecule has 0 bridgehead atoms. The highest BCUT2D eigenvalue weighted by Crippen LogP contribution is 2.34. The van der Waals surface area contributed by atoms with Gasteiger partial charge in [-0.2, -0.15) is 0 Å². The van der Waals surface area contributed by atoms with Crippen LogP contribution in [0.25, 0.3) is 10.9 Å². The number of benzene rings is 1. The number of hydrogen-bond acceptors (Lipinski definition) is 4. The second-order valence-electron chi connectivity index (χ2n) is 4.59. The summed E-state index contributed by atoms with van der Waals surface area (Å²) in [4.78, 5) is 15.5. The van der Waals surface area contributed by atoms with Gasteiger partial charge in [-0.25, -0.2) is 4.98 Å². The molecule has 0 unspecified atom stereocenters. The summed E-state index contributed by atoms with van der Waals surface area (Å²) >= 11 is 0. The molecule has 1 amide bonds. The zero-order chi connectivity index (χ0) is 14.7. The van der Waals surface area contributed by atoms with E-state index in [-0.39, 0.29) is 12.3 Å². The SMILES string of the molecule is COc1ccc(OC)c2c(C)cc(CCC(N)=O)nc12. The number of carbonyl (C=O) groups is 1. The van der Waals surface area contributed by atoms with E-state index in [0.29, 0.717) is 12.2 Å². The average Bonchev–Trinajstić information content (AvgIpc) is 2.43. The van der Waals surface area contributed by atoms with E-state index in [9.17, 15) is 4.79 Å². The molecule has 20 heavy (non-hydrogen) atoms. The van der Waals surface area contributed by atoms with Crippen LogP contribution in [-0.2, 0) is 11.2 Å². The summed E-state index contributed by atoms with van der Waals surface area (Å²) < 4.78 is 10.7. The van der Waals surface area contributed by atoms with Crippen molar-refractivity contribution in [2.24, 2.45) is 5.73 Å². The van der Waals surface area contributed by atoms with Gasteiger partial charge in [-0.15, -0.1) is 0 Å². The monoisotopic (exact) mass is 274 g/mol. The Hall–Kier alpha value is -2.30. The van der Waals surface area contributed by atoms with E-state index >= 15 is 0 Å². The first-order valence-electron chi connectivity index (χ1n) is 6.36. The minimum atomic E-state index is -0.331. The molecule has 0 aliphatic carbocycles. The van der Waals surface area contributed by atoms with E-state index in [2.05, 4.69) is 4.98 Å². The number of amides is 1. The summed E-state index contributed by atoms with van der Waals surface area (Å²) in [6.07, 6.45) is 0.802. The number of methoxy groups -OCH3 is 2. The Morgan fingerprint density at radius 3 is 2.50 bits per heavy atom. The topological polar surface area (TPSA) is 74.4 Å². The van der Waals surface area contributed by atoms with Crippen LogP contribution >= 0.6 is 0 Å². The fraction of sp³-hybridized carbons (Fsp3) is 0.333. The van der Waals surface area contributed by atoms with Crippen molar-refractivity contribution in [2.75, 3.05) is 14.2 Å². The van der Waals surface area contributed by atoms with Gasteiger partial charge in [-0.1, -0.05) is 0 Å². The highest BCUT2D eigenvalue weighted by atomic mass is 16.5. The van der Waals surface area contributed by atoms with Gasteiger partial charge in [-0.05, 0) is 37.1 Å². The predicted octanol–water partition coefficient (Wildman–Crippen LogP) is 1.98. The zero-order valence-corrected chi connectivity index (χ0v) is 11.9. The fourth-order valence-electron chi connectivity index (χ4n) is 2.26. The fourth-order valence-corrected chi connectivity index (χ4v) is 2.26. The third-order valence-corrected chi connectivity index (χ3v) is 3.20. The van der Waals surface area contributed by atoms with E-state index in [4.69, 9.17) is 15.2 Å². The maximum absolute atomic E-state index is 10.9. The molecule has 0 atom stereocenters. The molecule has 0 saturated heterocycles. The number of rotatable bonds is 5. The van der Waals surface area contributed by atoms with Gasteiger partial charge in [0.2, 0.25) is 5.91 Å². The number of ether oxygens (including phenoxy) is 2. The first kappa shape index (κ1) is 14.1. The third-order valence-electron chi connectivity index (χ3n) is 3.20. The maximum atomic E-state index is 10.9. The lowest BCUT2D eigenvalue weighted by molar-refractivity contribution is -0.118. The van der Waals surface area contributed by atoms with Crippen LogP contribution in [0.2, 0.25) is 0 Å². The van der Waals surface area contributed by atoms with Gasteiger partial charge < -0.3 is 15.2 Å². The Morgan fingerprint density at radius 2 is 1.90 bits per heavy atom. The van der Waals surface area contributed by atoms with Crippen molar-refractivity contribution in [1.82, 2.24) is 4.98 Å². The number of hydrogen-bond donors (Lipinski definition) is 1. The van der Waals surface area contributed by atoms with Crippen molar-refractivity contribution in [1.29, 1.82) is 0 Å². The number of fused-ring (bicyclic) bond motifs is 1. The molecule has 106 valence electrons. The summed E-state index contributed by atoms with van der Waals surface area (Å²) in [5, 5.41) is 0.926. The molecule has 0 saturated carbocycles. The van der Waals surface area contributed by atoms with Crippen LogP contribution in [-0.4, -0.2) is 25.1 Å². The van der Waals surface area contributed by atoms with Crippen molar-refractivity contribution >= 4 is 16.8 Å². The minimum Gasteiger partial charge on any atom is -0.496 e. The van der Waals surface area contributed by atoms with Crippen LogP contribution in [0.1, 0.15) is 17.7 Å². The molecule has 0 aliphatic heterocycles. The molecule has 1 aromatic heterocycles. The van der Waals surface area contributed by atoms with Crippen molar-refractivity contribution in [3.8, 4) is 11.5 Å². The van der Waals surface area contributed by atoms with Gasteiger partial charge in [0, 0.05) is 17.5 Å². The predicted molar refractivity (Wildman–Crippen MR) is 77.1 cm³/mol. The van der Waals surface area contributed by atoms with Gasteiger partial charge in [0.05, 0.1) is 14.2 Å². The van der Waals surface area contributed by atoms with Crippen LogP contribution in [0.4, 0.5) is 0 Å². The van der Waals surface area contributed by atoms with Crippen molar-refractivity contribution in [2.45, 2.75) is 19.8 Å². The summed E-state index contributed by atoms with van der Waals surface area (Å²) in [6.45, 7) is 1.99. The molecule has 0 radical (unpaired) electrons. The van der Waals surface area contributed by atoms with Crippen LogP contribution < -0.4 is 15.2 Å². The normalized spacial score (nSPS) is 10.6. The van der Waals surface area contributed by atoms with E-state index in [1.54, 1.807) is 14.2 Å². The Bertz CT molecular complexity index is 653. The lowest BCUT2D eigenvalue weighted by atomic mass is 10.1. The number of aromatic nitrogens is 1. The van der Waals surface area contributed by atoms with Crippen molar-refractivity contribution in [3.63, 3.8) is 0 Å². The second kappa shape index (κ2) is 5.77.